The molecule has 0 aromatic carbocycles. The lowest BCUT2D eigenvalue weighted by molar-refractivity contribution is -0.143. The van der Waals surface area contributed by atoms with E-state index >= 15 is 0 Å². The summed E-state index contributed by atoms with van der Waals surface area (Å²) in [5.74, 6) is -2.69. The molecule has 11 heteroatoms. The Balaban J connectivity index is 2.22. The fraction of sp³-hybridized carbons (Fsp3) is 0.774. The van der Waals surface area contributed by atoms with Gasteiger partial charge in [0.25, 0.3) is 5.91 Å². The van der Waals surface area contributed by atoms with Gasteiger partial charge in [-0.1, -0.05) is 65.9 Å². The average molecular weight is 608 g/mol. The van der Waals surface area contributed by atoms with Crippen molar-refractivity contribution in [3.8, 4) is 0 Å². The Labute approximate surface area is 256 Å². The van der Waals surface area contributed by atoms with E-state index in [1.807, 2.05) is 40.9 Å². The lowest BCUT2D eigenvalue weighted by Crippen LogP contribution is -2.62. The van der Waals surface area contributed by atoms with Crippen LogP contribution in [0.1, 0.15) is 106 Å². The molecular weight excluding hydrogens is 554 g/mol. The monoisotopic (exact) mass is 607 g/mol. The molecule has 0 aromatic rings. The highest BCUT2D eigenvalue weighted by Crippen LogP contribution is 2.34. The number of rotatable bonds is 13. The van der Waals surface area contributed by atoms with Gasteiger partial charge in [-0.15, -0.1) is 11.8 Å². The first-order valence-corrected chi connectivity index (χ1v) is 16.6. The van der Waals surface area contributed by atoms with Crippen molar-refractivity contribution < 1.29 is 24.0 Å². The van der Waals surface area contributed by atoms with Crippen molar-refractivity contribution in [3.05, 3.63) is 11.0 Å². The van der Waals surface area contributed by atoms with Crippen LogP contribution in [-0.4, -0.2) is 70.9 Å². The molecule has 2 aliphatic rings. The molecule has 1 aliphatic carbocycles. The summed E-state index contributed by atoms with van der Waals surface area (Å²) in [6.07, 6.45) is 9.82. The van der Waals surface area contributed by atoms with E-state index in [2.05, 4.69) is 28.3 Å². The number of thioether (sulfide) groups is 1. The highest BCUT2D eigenvalue weighted by molar-refractivity contribution is 8.01. The Morgan fingerprint density at radius 3 is 2.26 bits per heavy atom. The van der Waals surface area contributed by atoms with Gasteiger partial charge in [0.15, 0.2) is 0 Å². The first kappa shape index (κ1) is 35.6. The second kappa shape index (κ2) is 15.8. The largest absolute Gasteiger partial charge is 0.363 e. The number of likely N-dealkylation sites (tertiary alicyclic amines) is 1. The summed E-state index contributed by atoms with van der Waals surface area (Å²) in [5.41, 5.74) is 5.47. The molecule has 2 rings (SSSR count). The first-order valence-electron chi connectivity index (χ1n) is 15.4. The SMILES string of the molecule is CCC(C)CC(NC(=O)C1CCCN1C(=O)C(NC(=O)NC1(C/C(C)=C/SC)CCCCC1)C(C)(C)C)C(=O)C(N)=O. The predicted molar refractivity (Wildman–Crippen MR) is 168 cm³/mol. The fourth-order valence-corrected chi connectivity index (χ4v) is 6.60. The van der Waals surface area contributed by atoms with Crippen LogP contribution in [0, 0.1) is 11.3 Å². The number of primary amides is 1. The van der Waals surface area contributed by atoms with Crippen LogP contribution >= 0.6 is 11.8 Å². The average Bonchev–Trinajstić information content (AvgIpc) is 3.40. The maximum absolute atomic E-state index is 14.0. The molecule has 2 fully saturated rings. The normalized spacial score (nSPS) is 21.2. The van der Waals surface area contributed by atoms with E-state index in [1.165, 1.54) is 10.5 Å². The summed E-state index contributed by atoms with van der Waals surface area (Å²) in [4.78, 5) is 66.5. The van der Waals surface area contributed by atoms with E-state index in [0.29, 0.717) is 19.4 Å². The number of hydrogen-bond donors (Lipinski definition) is 4. The maximum Gasteiger partial charge on any atom is 0.315 e. The second-order valence-electron chi connectivity index (χ2n) is 13.3. The molecule has 0 bridgehead atoms. The lowest BCUT2D eigenvalue weighted by Gasteiger charge is -2.40. The van der Waals surface area contributed by atoms with E-state index < -0.39 is 41.1 Å². The molecule has 4 atom stereocenters. The molecule has 1 saturated heterocycles. The molecule has 238 valence electrons. The molecule has 1 saturated carbocycles. The van der Waals surface area contributed by atoms with E-state index in [1.54, 1.807) is 11.8 Å². The zero-order valence-corrected chi connectivity index (χ0v) is 27.5. The van der Waals surface area contributed by atoms with Crippen LogP contribution in [0.4, 0.5) is 4.79 Å². The summed E-state index contributed by atoms with van der Waals surface area (Å²) in [7, 11) is 0. The molecule has 1 aliphatic heterocycles. The van der Waals surface area contributed by atoms with Crippen LogP contribution in [0.25, 0.3) is 0 Å². The number of Topliss-reactive ketones (excluding diaryl/α,β-unsaturated/α-hetero) is 1. The number of carbonyl (C=O) groups is 5. The van der Waals surface area contributed by atoms with Crippen molar-refractivity contribution in [3.63, 3.8) is 0 Å². The number of urea groups is 1. The van der Waals surface area contributed by atoms with Gasteiger partial charge in [0.2, 0.25) is 17.6 Å². The predicted octanol–water partition coefficient (Wildman–Crippen LogP) is 4.03. The van der Waals surface area contributed by atoms with Crippen LogP contribution in [0.3, 0.4) is 0 Å². The Kier molecular flexibility index (Phi) is 13.4. The summed E-state index contributed by atoms with van der Waals surface area (Å²) in [6.45, 7) is 12.0. The zero-order chi connectivity index (χ0) is 31.7. The molecule has 5 amide bonds. The van der Waals surface area contributed by atoms with Crippen molar-refractivity contribution in [1.29, 1.82) is 0 Å². The second-order valence-corrected chi connectivity index (χ2v) is 14.1. The van der Waals surface area contributed by atoms with Gasteiger partial charge in [-0.3, -0.25) is 19.2 Å². The quantitative estimate of drug-likeness (QED) is 0.232. The van der Waals surface area contributed by atoms with E-state index in [0.717, 1.165) is 44.9 Å². The van der Waals surface area contributed by atoms with E-state index in [-0.39, 0.29) is 29.8 Å². The number of nitrogens with one attached hydrogen (secondary N) is 3. The van der Waals surface area contributed by atoms with Gasteiger partial charge in [0.1, 0.15) is 12.1 Å². The molecular formula is C31H53N5O5S. The van der Waals surface area contributed by atoms with Crippen molar-refractivity contribution in [2.45, 2.75) is 129 Å². The number of amides is 5. The maximum atomic E-state index is 14.0. The highest BCUT2D eigenvalue weighted by Gasteiger charge is 2.43. The molecule has 42 heavy (non-hydrogen) atoms. The minimum atomic E-state index is -1.10. The van der Waals surface area contributed by atoms with Gasteiger partial charge in [0, 0.05) is 12.1 Å². The number of ketones is 1. The Hall–Kier alpha value is -2.56. The van der Waals surface area contributed by atoms with Crippen molar-refractivity contribution in [1.82, 2.24) is 20.9 Å². The topological polar surface area (TPSA) is 151 Å². The van der Waals surface area contributed by atoms with Gasteiger partial charge in [0.05, 0.1) is 6.04 Å². The molecule has 0 spiro atoms. The molecule has 1 heterocycles. The van der Waals surface area contributed by atoms with Gasteiger partial charge >= 0.3 is 6.03 Å². The van der Waals surface area contributed by atoms with E-state index in [9.17, 15) is 24.0 Å². The third-order valence-corrected chi connectivity index (χ3v) is 9.20. The number of carbonyl (C=O) groups excluding carboxylic acids is 5. The third-order valence-electron chi connectivity index (χ3n) is 8.56. The van der Waals surface area contributed by atoms with Crippen LogP contribution in [0.5, 0.6) is 0 Å². The van der Waals surface area contributed by atoms with Crippen LogP contribution in [0.15, 0.2) is 11.0 Å². The standard InChI is InChI=1S/C31H53N5O5S/c1-8-20(2)17-22(24(37)26(32)38)33-27(39)23-13-12-16-36(23)28(40)25(30(4,5)6)34-29(41)35-31(14-10-9-11-15-31)18-21(3)19-42-7/h19-20,22-23,25H,8-18H2,1-7H3,(H2,32,38)(H,33,39)(H2,34,35,41)/b21-19+. The number of nitrogens with two attached hydrogens (primary N) is 1. The van der Waals surface area contributed by atoms with Gasteiger partial charge < -0.3 is 26.6 Å². The first-order chi connectivity index (χ1) is 19.6. The molecule has 5 N–H and O–H groups in total. The third kappa shape index (κ3) is 10.0. The molecule has 10 nitrogen and oxygen atoms in total. The minimum Gasteiger partial charge on any atom is -0.363 e. The molecule has 4 unspecified atom stereocenters. The van der Waals surface area contributed by atoms with Crippen LogP contribution in [-0.2, 0) is 19.2 Å². The number of hydrogen-bond acceptors (Lipinski definition) is 6. The smallest absolute Gasteiger partial charge is 0.315 e. The molecule has 0 radical (unpaired) electrons. The van der Waals surface area contributed by atoms with Crippen molar-refractivity contribution in [2.75, 3.05) is 12.8 Å². The van der Waals surface area contributed by atoms with E-state index in [4.69, 9.17) is 5.73 Å². The van der Waals surface area contributed by atoms with Gasteiger partial charge in [-0.05, 0) is 68.4 Å². The zero-order valence-electron chi connectivity index (χ0n) is 26.6. The van der Waals surface area contributed by atoms with Gasteiger partial charge in [-0.2, -0.15) is 0 Å². The van der Waals surface area contributed by atoms with Crippen LogP contribution < -0.4 is 21.7 Å². The molecule has 0 aromatic heterocycles. The summed E-state index contributed by atoms with van der Waals surface area (Å²) >= 11 is 1.65. The van der Waals surface area contributed by atoms with Gasteiger partial charge in [-0.25, -0.2) is 4.79 Å². The highest BCUT2D eigenvalue weighted by atomic mass is 32.2. The minimum absolute atomic E-state index is 0.0837. The summed E-state index contributed by atoms with van der Waals surface area (Å²) < 4.78 is 0. The Morgan fingerprint density at radius 1 is 1.07 bits per heavy atom. The Morgan fingerprint density at radius 2 is 1.71 bits per heavy atom. The lowest BCUT2D eigenvalue weighted by atomic mass is 9.77. The summed E-state index contributed by atoms with van der Waals surface area (Å²) in [6, 6.07) is -3.11. The van der Waals surface area contributed by atoms with Crippen LogP contribution in [0.2, 0.25) is 0 Å². The number of nitrogens with zero attached hydrogens (tertiary/aromatic N) is 1. The fourth-order valence-electron chi connectivity index (χ4n) is 6.12. The van der Waals surface area contributed by atoms with Crippen molar-refractivity contribution in [2.24, 2.45) is 17.1 Å². The summed E-state index contributed by atoms with van der Waals surface area (Å²) in [5, 5.41) is 11.0. The Bertz CT molecular complexity index is 1020. The van der Waals surface area contributed by atoms with Crippen molar-refractivity contribution >= 4 is 41.3 Å².